The number of thiophene rings is 1. The molecular formula is C27H29N3O3S. The molecule has 2 aromatic heterocycles. The smallest absolute Gasteiger partial charge is 0.260 e. The zero-order valence-corrected chi connectivity index (χ0v) is 20.8. The van der Waals surface area contributed by atoms with Crippen LogP contribution >= 0.6 is 11.3 Å². The van der Waals surface area contributed by atoms with Gasteiger partial charge in [-0.2, -0.15) is 0 Å². The molecule has 0 saturated carbocycles. The Morgan fingerprint density at radius 2 is 1.91 bits per heavy atom. The van der Waals surface area contributed by atoms with Crippen molar-refractivity contribution in [2.45, 2.75) is 39.3 Å². The molecule has 1 aliphatic heterocycles. The summed E-state index contributed by atoms with van der Waals surface area (Å²) >= 11 is 1.59. The van der Waals surface area contributed by atoms with Gasteiger partial charge in [0.15, 0.2) is 0 Å². The molecule has 0 bridgehead atoms. The van der Waals surface area contributed by atoms with Crippen molar-refractivity contribution >= 4 is 21.6 Å². The molecule has 0 aliphatic carbocycles. The van der Waals surface area contributed by atoms with Crippen molar-refractivity contribution in [2.24, 2.45) is 0 Å². The van der Waals surface area contributed by atoms with E-state index >= 15 is 0 Å². The molecule has 34 heavy (non-hydrogen) atoms. The van der Waals surface area contributed by atoms with E-state index in [9.17, 15) is 4.79 Å². The molecule has 176 valence electrons. The van der Waals surface area contributed by atoms with Crippen molar-refractivity contribution in [1.29, 1.82) is 0 Å². The van der Waals surface area contributed by atoms with Gasteiger partial charge in [-0.05, 0) is 44.9 Å². The molecule has 1 fully saturated rings. The highest BCUT2D eigenvalue weighted by atomic mass is 32.1. The Hall–Kier alpha value is -3.16. The van der Waals surface area contributed by atoms with E-state index in [1.807, 2.05) is 12.1 Å². The second-order valence-corrected chi connectivity index (χ2v) is 10.0. The highest BCUT2D eigenvalue weighted by Crippen LogP contribution is 2.40. The third-order valence-electron chi connectivity index (χ3n) is 6.64. The number of nitrogens with one attached hydrogen (secondary N) is 1. The minimum atomic E-state index is -0.0716. The molecule has 0 radical (unpaired) electrons. The predicted molar refractivity (Wildman–Crippen MR) is 137 cm³/mol. The molecule has 1 atom stereocenters. The first kappa shape index (κ1) is 22.6. The molecule has 1 unspecified atom stereocenters. The van der Waals surface area contributed by atoms with Crippen LogP contribution in [0.15, 0.2) is 47.3 Å². The summed E-state index contributed by atoms with van der Waals surface area (Å²) in [5.41, 5.74) is 4.31. The normalized spacial score (nSPS) is 16.3. The molecule has 1 aliphatic rings. The predicted octanol–water partition coefficient (Wildman–Crippen LogP) is 5.62. The van der Waals surface area contributed by atoms with Crippen molar-refractivity contribution in [3.63, 3.8) is 0 Å². The minimum absolute atomic E-state index is 0.0716. The van der Waals surface area contributed by atoms with Gasteiger partial charge in [0.2, 0.25) is 0 Å². The Labute approximate surface area is 203 Å². The van der Waals surface area contributed by atoms with E-state index in [-0.39, 0.29) is 11.6 Å². The van der Waals surface area contributed by atoms with Crippen LogP contribution in [-0.4, -0.2) is 35.6 Å². The standard InChI is InChI=1S/C27H29N3O3S/c1-16-7-9-18(10-8-16)24-17(2)34-27-25(24)26(31)28-23(29-27)15-30-13-5-6-21(30)20-12-11-19(32-3)14-22(20)33-4/h7-12,14,21H,5-6,13,15H2,1-4H3,(H,28,29,31). The van der Waals surface area contributed by atoms with E-state index in [0.717, 1.165) is 57.3 Å². The maximum atomic E-state index is 13.2. The van der Waals surface area contributed by atoms with Crippen LogP contribution in [0.3, 0.4) is 0 Å². The van der Waals surface area contributed by atoms with E-state index in [0.29, 0.717) is 17.8 Å². The van der Waals surface area contributed by atoms with E-state index < -0.39 is 0 Å². The number of H-pyrrole nitrogens is 1. The van der Waals surface area contributed by atoms with Crippen molar-refractivity contribution in [2.75, 3.05) is 20.8 Å². The summed E-state index contributed by atoms with van der Waals surface area (Å²) in [4.78, 5) is 25.5. The quantitative estimate of drug-likeness (QED) is 0.392. The summed E-state index contributed by atoms with van der Waals surface area (Å²) < 4.78 is 11.0. The molecule has 1 N–H and O–H groups in total. The lowest BCUT2D eigenvalue weighted by Crippen LogP contribution is -2.26. The number of benzene rings is 2. The minimum Gasteiger partial charge on any atom is -0.497 e. The first-order valence-electron chi connectivity index (χ1n) is 11.5. The van der Waals surface area contributed by atoms with E-state index in [2.05, 4.69) is 54.1 Å². The van der Waals surface area contributed by atoms with Crippen LogP contribution in [-0.2, 0) is 6.54 Å². The first-order valence-corrected chi connectivity index (χ1v) is 12.4. The molecular weight excluding hydrogens is 446 g/mol. The fraction of sp³-hybridized carbons (Fsp3) is 0.333. The topological polar surface area (TPSA) is 67.5 Å². The van der Waals surface area contributed by atoms with E-state index in [1.54, 1.807) is 25.6 Å². The molecule has 3 heterocycles. The Morgan fingerprint density at radius 3 is 2.65 bits per heavy atom. The molecule has 0 amide bonds. The molecule has 2 aromatic carbocycles. The average Bonchev–Trinajstić information content (AvgIpc) is 3.43. The Morgan fingerprint density at radius 1 is 1.12 bits per heavy atom. The van der Waals surface area contributed by atoms with Gasteiger partial charge in [-0.15, -0.1) is 11.3 Å². The average molecular weight is 476 g/mol. The number of rotatable bonds is 6. The van der Waals surface area contributed by atoms with Crippen LogP contribution in [0.2, 0.25) is 0 Å². The Kier molecular flexibility index (Phi) is 6.15. The zero-order chi connectivity index (χ0) is 23.8. The number of aryl methyl sites for hydroxylation is 2. The summed E-state index contributed by atoms with van der Waals surface area (Å²) in [6.45, 7) is 5.66. The van der Waals surface area contributed by atoms with Crippen molar-refractivity contribution in [1.82, 2.24) is 14.9 Å². The summed E-state index contributed by atoms with van der Waals surface area (Å²) in [6.07, 6.45) is 2.12. The van der Waals surface area contributed by atoms with Crippen LogP contribution in [0.5, 0.6) is 11.5 Å². The van der Waals surface area contributed by atoms with Crippen LogP contribution in [0.4, 0.5) is 0 Å². The SMILES string of the molecule is COc1ccc(C2CCCN2Cc2nc3sc(C)c(-c4ccc(C)cc4)c3c(=O)[nH]2)c(OC)c1. The van der Waals surface area contributed by atoms with Crippen molar-refractivity contribution in [3.8, 4) is 22.6 Å². The third kappa shape index (κ3) is 4.10. The number of likely N-dealkylation sites (tertiary alicyclic amines) is 1. The van der Waals surface area contributed by atoms with Gasteiger partial charge >= 0.3 is 0 Å². The lowest BCUT2D eigenvalue weighted by Gasteiger charge is -2.26. The fourth-order valence-corrected chi connectivity index (χ4v) is 6.02. The number of nitrogens with zero attached hydrogens (tertiary/aromatic N) is 2. The van der Waals surface area contributed by atoms with Crippen molar-refractivity contribution in [3.05, 3.63) is 74.6 Å². The maximum Gasteiger partial charge on any atom is 0.260 e. The number of ether oxygens (including phenoxy) is 2. The number of hydrogen-bond donors (Lipinski definition) is 1. The Balaban J connectivity index is 1.47. The van der Waals surface area contributed by atoms with E-state index in [4.69, 9.17) is 14.5 Å². The molecule has 5 rings (SSSR count). The number of aromatic nitrogens is 2. The second kappa shape index (κ2) is 9.24. The van der Waals surface area contributed by atoms with Gasteiger partial charge in [-0.25, -0.2) is 4.98 Å². The van der Waals surface area contributed by atoms with Gasteiger partial charge in [0.1, 0.15) is 22.2 Å². The largest absolute Gasteiger partial charge is 0.497 e. The van der Waals surface area contributed by atoms with Gasteiger partial charge < -0.3 is 14.5 Å². The summed E-state index contributed by atoms with van der Waals surface area (Å²) in [6, 6.07) is 14.5. The number of hydrogen-bond acceptors (Lipinski definition) is 6. The van der Waals surface area contributed by atoms with Gasteiger partial charge in [0.25, 0.3) is 5.56 Å². The van der Waals surface area contributed by atoms with Crippen LogP contribution in [0.25, 0.3) is 21.3 Å². The van der Waals surface area contributed by atoms with Crippen LogP contribution in [0, 0.1) is 13.8 Å². The molecule has 0 spiro atoms. The fourth-order valence-electron chi connectivity index (χ4n) is 4.96. The monoisotopic (exact) mass is 475 g/mol. The zero-order valence-electron chi connectivity index (χ0n) is 20.0. The lowest BCUT2D eigenvalue weighted by molar-refractivity contribution is 0.237. The number of methoxy groups -OCH3 is 2. The van der Waals surface area contributed by atoms with Crippen LogP contribution < -0.4 is 15.0 Å². The summed E-state index contributed by atoms with van der Waals surface area (Å²) in [5.74, 6) is 2.30. The first-order chi connectivity index (χ1) is 16.5. The number of aromatic amines is 1. The van der Waals surface area contributed by atoms with Crippen molar-refractivity contribution < 1.29 is 9.47 Å². The van der Waals surface area contributed by atoms with Gasteiger partial charge in [0, 0.05) is 28.1 Å². The van der Waals surface area contributed by atoms with Gasteiger partial charge in [0.05, 0.1) is 26.2 Å². The maximum absolute atomic E-state index is 13.2. The highest BCUT2D eigenvalue weighted by molar-refractivity contribution is 7.19. The summed E-state index contributed by atoms with van der Waals surface area (Å²) in [5, 5.41) is 0.685. The van der Waals surface area contributed by atoms with Gasteiger partial charge in [-0.1, -0.05) is 35.9 Å². The van der Waals surface area contributed by atoms with Gasteiger partial charge in [-0.3, -0.25) is 9.69 Å². The van der Waals surface area contributed by atoms with Crippen LogP contribution in [0.1, 0.15) is 40.7 Å². The second-order valence-electron chi connectivity index (χ2n) is 8.83. The number of fused-ring (bicyclic) bond motifs is 1. The van der Waals surface area contributed by atoms with E-state index in [1.165, 1.54) is 5.56 Å². The summed E-state index contributed by atoms with van der Waals surface area (Å²) in [7, 11) is 3.35. The Bertz CT molecular complexity index is 1390. The lowest BCUT2D eigenvalue weighted by atomic mass is 10.0. The highest BCUT2D eigenvalue weighted by Gasteiger charge is 2.29. The molecule has 6 nitrogen and oxygen atoms in total. The molecule has 7 heteroatoms. The molecule has 4 aromatic rings. The third-order valence-corrected chi connectivity index (χ3v) is 7.64. The molecule has 1 saturated heterocycles.